The smallest absolute Gasteiger partial charge is 0.251 e. The minimum absolute atomic E-state index is 0.00393. The molecule has 1 aliphatic rings. The third-order valence-electron chi connectivity index (χ3n) is 3.93. The summed E-state index contributed by atoms with van der Waals surface area (Å²) in [6, 6.07) is 4.48. The van der Waals surface area contributed by atoms with Crippen LogP contribution in [0, 0.1) is 0 Å². The summed E-state index contributed by atoms with van der Waals surface area (Å²) >= 11 is 0. The van der Waals surface area contributed by atoms with E-state index in [4.69, 9.17) is 4.74 Å². The van der Waals surface area contributed by atoms with E-state index in [1.54, 1.807) is 6.07 Å². The molecule has 0 radical (unpaired) electrons. The number of carbonyl (C=O) groups excluding carboxylic acids is 1. The molecular weight excluding hydrogens is 328 g/mol. The lowest BCUT2D eigenvalue weighted by molar-refractivity contribution is 0.0952. The quantitative estimate of drug-likeness (QED) is 0.632. The van der Waals surface area contributed by atoms with Crippen LogP contribution in [0.3, 0.4) is 0 Å². The van der Waals surface area contributed by atoms with E-state index in [2.05, 4.69) is 17.0 Å². The molecule has 2 N–H and O–H groups in total. The van der Waals surface area contributed by atoms with Gasteiger partial charge in [-0.15, -0.1) is 0 Å². The molecule has 7 heteroatoms. The van der Waals surface area contributed by atoms with Crippen LogP contribution in [0.2, 0.25) is 0 Å². The largest absolute Gasteiger partial charge is 0.495 e. The first kappa shape index (κ1) is 18.7. The number of amides is 1. The van der Waals surface area contributed by atoms with Crippen LogP contribution in [0.5, 0.6) is 5.75 Å². The minimum Gasteiger partial charge on any atom is -0.495 e. The third-order valence-corrected chi connectivity index (χ3v) is 5.47. The third kappa shape index (κ3) is 5.21. The van der Waals surface area contributed by atoms with E-state index in [0.29, 0.717) is 12.1 Å². The Bertz CT molecular complexity index is 669. The Morgan fingerprint density at radius 3 is 2.62 bits per heavy atom. The van der Waals surface area contributed by atoms with Crippen molar-refractivity contribution in [1.82, 2.24) is 10.0 Å². The Morgan fingerprint density at radius 2 is 2.00 bits per heavy atom. The minimum atomic E-state index is -3.68. The van der Waals surface area contributed by atoms with Crippen LogP contribution in [0.4, 0.5) is 0 Å². The fourth-order valence-electron chi connectivity index (χ4n) is 2.37. The Hall–Kier alpha value is -1.60. The molecule has 0 spiro atoms. The molecule has 0 atom stereocenters. The summed E-state index contributed by atoms with van der Waals surface area (Å²) in [4.78, 5) is 12.2. The highest BCUT2D eigenvalue weighted by Gasteiger charge is 2.30. The van der Waals surface area contributed by atoms with Crippen LogP contribution in [-0.4, -0.2) is 34.0 Å². The first-order chi connectivity index (χ1) is 11.5. The molecule has 2 rings (SSSR count). The van der Waals surface area contributed by atoms with Crippen LogP contribution in [-0.2, 0) is 10.0 Å². The predicted molar refractivity (Wildman–Crippen MR) is 92.8 cm³/mol. The maximum Gasteiger partial charge on any atom is 0.251 e. The average molecular weight is 354 g/mol. The van der Waals surface area contributed by atoms with Crippen molar-refractivity contribution < 1.29 is 17.9 Å². The van der Waals surface area contributed by atoms with Crippen molar-refractivity contribution in [2.75, 3.05) is 13.7 Å². The molecule has 0 aliphatic heterocycles. The number of rotatable bonds is 10. The van der Waals surface area contributed by atoms with Gasteiger partial charge in [-0.25, -0.2) is 13.1 Å². The standard InChI is InChI=1S/C17H26N2O4S/c1-3-4-5-6-11-18-17(20)13-7-10-15(23-2)16(12-13)24(21,22)19-14-8-9-14/h7,10,12,14,19H,3-6,8-9,11H2,1-2H3,(H,18,20). The molecule has 0 unspecified atom stereocenters. The van der Waals surface area contributed by atoms with E-state index in [9.17, 15) is 13.2 Å². The zero-order valence-corrected chi connectivity index (χ0v) is 15.1. The number of hydrogen-bond acceptors (Lipinski definition) is 4. The van der Waals surface area contributed by atoms with Crippen molar-refractivity contribution in [3.63, 3.8) is 0 Å². The summed E-state index contributed by atoms with van der Waals surface area (Å²) in [7, 11) is -2.27. The van der Waals surface area contributed by atoms with E-state index in [-0.39, 0.29) is 22.6 Å². The predicted octanol–water partition coefficient (Wildman–Crippen LogP) is 2.45. The van der Waals surface area contributed by atoms with Gasteiger partial charge in [-0.1, -0.05) is 26.2 Å². The van der Waals surface area contributed by atoms with E-state index < -0.39 is 10.0 Å². The van der Waals surface area contributed by atoms with Crippen molar-refractivity contribution in [2.45, 2.75) is 56.4 Å². The second-order valence-corrected chi connectivity index (χ2v) is 7.76. The SMILES string of the molecule is CCCCCCNC(=O)c1ccc(OC)c(S(=O)(=O)NC2CC2)c1. The molecule has 24 heavy (non-hydrogen) atoms. The summed E-state index contributed by atoms with van der Waals surface area (Å²) in [6.07, 6.45) is 5.97. The second-order valence-electron chi connectivity index (χ2n) is 6.08. The molecule has 134 valence electrons. The Balaban J connectivity index is 2.08. The number of hydrogen-bond donors (Lipinski definition) is 2. The molecule has 1 fully saturated rings. The number of carbonyl (C=O) groups is 1. The van der Waals surface area contributed by atoms with Crippen LogP contribution >= 0.6 is 0 Å². The number of nitrogens with one attached hydrogen (secondary N) is 2. The highest BCUT2D eigenvalue weighted by Crippen LogP contribution is 2.28. The van der Waals surface area contributed by atoms with Gasteiger partial charge in [0.15, 0.2) is 0 Å². The van der Waals surface area contributed by atoms with Crippen molar-refractivity contribution in [1.29, 1.82) is 0 Å². The van der Waals surface area contributed by atoms with Gasteiger partial charge in [0.2, 0.25) is 10.0 Å². The van der Waals surface area contributed by atoms with E-state index >= 15 is 0 Å². The normalized spacial score (nSPS) is 14.4. The molecule has 0 bridgehead atoms. The number of methoxy groups -OCH3 is 1. The van der Waals surface area contributed by atoms with Gasteiger partial charge < -0.3 is 10.1 Å². The summed E-state index contributed by atoms with van der Waals surface area (Å²) in [5.74, 6) is -0.0281. The lowest BCUT2D eigenvalue weighted by atomic mass is 10.2. The summed E-state index contributed by atoms with van der Waals surface area (Å²) in [5.41, 5.74) is 0.322. The summed E-state index contributed by atoms with van der Waals surface area (Å²) in [6.45, 7) is 2.72. The fraction of sp³-hybridized carbons (Fsp3) is 0.588. The molecule has 0 saturated heterocycles. The van der Waals surface area contributed by atoms with Gasteiger partial charge in [-0.2, -0.15) is 0 Å². The van der Waals surface area contributed by atoms with E-state index in [0.717, 1.165) is 38.5 Å². The monoisotopic (exact) mass is 354 g/mol. The number of unbranched alkanes of at least 4 members (excludes halogenated alkanes) is 3. The molecule has 0 heterocycles. The van der Waals surface area contributed by atoms with E-state index in [1.165, 1.54) is 19.2 Å². The molecule has 1 aromatic carbocycles. The fourth-order valence-corrected chi connectivity index (χ4v) is 3.87. The van der Waals surface area contributed by atoms with Crippen LogP contribution in [0.25, 0.3) is 0 Å². The lowest BCUT2D eigenvalue weighted by Crippen LogP contribution is -2.28. The highest BCUT2D eigenvalue weighted by atomic mass is 32.2. The zero-order valence-electron chi connectivity index (χ0n) is 14.3. The van der Waals surface area contributed by atoms with Crippen molar-refractivity contribution in [3.8, 4) is 5.75 Å². The lowest BCUT2D eigenvalue weighted by Gasteiger charge is -2.12. The molecule has 0 aromatic heterocycles. The summed E-state index contributed by atoms with van der Waals surface area (Å²) < 4.78 is 32.7. The highest BCUT2D eigenvalue weighted by molar-refractivity contribution is 7.89. The van der Waals surface area contributed by atoms with Gasteiger partial charge in [-0.3, -0.25) is 4.79 Å². The van der Waals surface area contributed by atoms with Crippen LogP contribution in [0.1, 0.15) is 55.8 Å². The molecule has 6 nitrogen and oxygen atoms in total. The van der Waals surface area contributed by atoms with Crippen molar-refractivity contribution in [3.05, 3.63) is 23.8 Å². The van der Waals surface area contributed by atoms with Gasteiger partial charge in [0.25, 0.3) is 5.91 Å². The number of ether oxygens (including phenoxy) is 1. The van der Waals surface area contributed by atoms with Gasteiger partial charge in [0, 0.05) is 18.2 Å². The molecule has 1 aromatic rings. The van der Waals surface area contributed by atoms with Gasteiger partial charge in [0.05, 0.1) is 7.11 Å². The van der Waals surface area contributed by atoms with Gasteiger partial charge in [0.1, 0.15) is 10.6 Å². The Labute approximate surface area is 144 Å². The summed E-state index contributed by atoms with van der Waals surface area (Å²) in [5, 5.41) is 2.83. The van der Waals surface area contributed by atoms with E-state index in [1.807, 2.05) is 0 Å². The maximum absolute atomic E-state index is 12.4. The van der Waals surface area contributed by atoms with Crippen LogP contribution in [0.15, 0.2) is 23.1 Å². The Kier molecular flexibility index (Phi) is 6.62. The first-order valence-corrected chi connectivity index (χ1v) is 9.95. The number of sulfonamides is 1. The molecule has 1 aliphatic carbocycles. The average Bonchev–Trinajstić information content (AvgIpc) is 3.37. The first-order valence-electron chi connectivity index (χ1n) is 8.46. The van der Waals surface area contributed by atoms with Crippen molar-refractivity contribution in [2.24, 2.45) is 0 Å². The topological polar surface area (TPSA) is 84.5 Å². The zero-order chi connectivity index (χ0) is 17.6. The molecule has 1 saturated carbocycles. The molecular formula is C17H26N2O4S. The number of benzene rings is 1. The Morgan fingerprint density at radius 1 is 1.25 bits per heavy atom. The second kappa shape index (κ2) is 8.48. The van der Waals surface area contributed by atoms with Crippen molar-refractivity contribution >= 4 is 15.9 Å². The van der Waals surface area contributed by atoms with Gasteiger partial charge >= 0.3 is 0 Å². The maximum atomic E-state index is 12.4. The van der Waals surface area contributed by atoms with Gasteiger partial charge in [-0.05, 0) is 37.5 Å². The van der Waals surface area contributed by atoms with Crippen LogP contribution < -0.4 is 14.8 Å². The molecule has 1 amide bonds.